The first-order valence-electron chi connectivity index (χ1n) is 9.48. The molecule has 164 valence electrons. The summed E-state index contributed by atoms with van der Waals surface area (Å²) in [4.78, 5) is 16.9. The average molecular weight is 441 g/mol. The lowest BCUT2D eigenvalue weighted by atomic mass is 10.0. The maximum Gasteiger partial charge on any atom is 0.416 e. The van der Waals surface area contributed by atoms with Gasteiger partial charge in [-0.25, -0.2) is 9.78 Å². The maximum atomic E-state index is 13.1. The first kappa shape index (κ1) is 22.6. The summed E-state index contributed by atoms with van der Waals surface area (Å²) in [5.41, 5.74) is 6.07. The second-order valence-electron chi connectivity index (χ2n) is 6.76. The Hall–Kier alpha value is -4.06. The minimum absolute atomic E-state index is 0.0655. The van der Waals surface area contributed by atoms with Gasteiger partial charge in [0, 0.05) is 5.56 Å². The number of hydrogen-bond acceptors (Lipinski definition) is 6. The van der Waals surface area contributed by atoms with E-state index in [1.165, 1.54) is 12.1 Å². The fourth-order valence-electron chi connectivity index (χ4n) is 2.94. The molecule has 0 unspecified atom stereocenters. The number of nitrogen functional groups attached to an aromatic ring is 1. The van der Waals surface area contributed by atoms with Gasteiger partial charge >= 0.3 is 12.1 Å². The van der Waals surface area contributed by atoms with E-state index >= 15 is 0 Å². The van der Waals surface area contributed by atoms with E-state index < -0.39 is 17.7 Å². The molecule has 0 aliphatic heterocycles. The molecule has 6 nitrogen and oxygen atoms in total. The topological polar surface area (TPSA) is 98.2 Å². The van der Waals surface area contributed by atoms with Gasteiger partial charge in [0.05, 0.1) is 23.6 Å². The second-order valence-corrected chi connectivity index (χ2v) is 6.76. The van der Waals surface area contributed by atoms with Crippen molar-refractivity contribution in [3.05, 3.63) is 70.8 Å². The molecule has 1 aromatic heterocycles. The molecule has 0 aliphatic rings. The van der Waals surface area contributed by atoms with Gasteiger partial charge in [-0.3, -0.25) is 0 Å². The fourth-order valence-corrected chi connectivity index (χ4v) is 2.94. The number of carbonyl (C=O) groups excluding carboxylic acids is 1. The molecule has 32 heavy (non-hydrogen) atoms. The van der Waals surface area contributed by atoms with Crippen molar-refractivity contribution in [1.29, 1.82) is 5.26 Å². The minimum Gasteiger partial charge on any atom is -0.462 e. The molecule has 0 saturated carbocycles. The van der Waals surface area contributed by atoms with E-state index in [0.29, 0.717) is 5.56 Å². The molecule has 3 aromatic rings. The van der Waals surface area contributed by atoms with Crippen LogP contribution in [0.15, 0.2) is 48.5 Å². The number of carbonyl (C=O) groups is 1. The van der Waals surface area contributed by atoms with Crippen molar-refractivity contribution in [2.24, 2.45) is 0 Å². The number of esters is 1. The number of nitrogens with zero attached hydrogens (tertiary/aromatic N) is 2. The van der Waals surface area contributed by atoms with Crippen LogP contribution in [0.25, 0.3) is 11.3 Å². The summed E-state index contributed by atoms with van der Waals surface area (Å²) in [7, 11) is 0. The molecule has 3 rings (SSSR count). The van der Waals surface area contributed by atoms with Gasteiger partial charge in [-0.2, -0.15) is 18.4 Å². The first-order chi connectivity index (χ1) is 15.2. The monoisotopic (exact) mass is 441 g/mol. The Kier molecular flexibility index (Phi) is 6.35. The van der Waals surface area contributed by atoms with E-state index in [9.17, 15) is 23.2 Å². The van der Waals surface area contributed by atoms with Crippen molar-refractivity contribution in [3.63, 3.8) is 0 Å². The Labute approximate surface area is 182 Å². The van der Waals surface area contributed by atoms with Crippen LogP contribution in [0.1, 0.15) is 34.0 Å². The molecule has 1 heterocycles. The van der Waals surface area contributed by atoms with Crippen molar-refractivity contribution < 1.29 is 27.4 Å². The highest BCUT2D eigenvalue weighted by Gasteiger charge is 2.31. The quantitative estimate of drug-likeness (QED) is 0.525. The van der Waals surface area contributed by atoms with Crippen LogP contribution in [0.5, 0.6) is 11.6 Å². The van der Waals surface area contributed by atoms with Gasteiger partial charge in [0.2, 0.25) is 5.88 Å². The summed E-state index contributed by atoms with van der Waals surface area (Å²) < 4.78 is 49.8. The number of halogens is 3. The van der Waals surface area contributed by atoms with Crippen LogP contribution in [0.2, 0.25) is 0 Å². The molecule has 0 fully saturated rings. The predicted molar refractivity (Wildman–Crippen MR) is 111 cm³/mol. The van der Waals surface area contributed by atoms with Gasteiger partial charge in [-0.15, -0.1) is 0 Å². The Bertz CT molecular complexity index is 1200. The lowest BCUT2D eigenvalue weighted by Gasteiger charge is -2.16. The number of rotatable bonds is 5. The summed E-state index contributed by atoms with van der Waals surface area (Å²) in [6.07, 6.45) is -4.58. The number of ether oxygens (including phenoxy) is 2. The van der Waals surface area contributed by atoms with Crippen LogP contribution in [0, 0.1) is 18.3 Å². The highest BCUT2D eigenvalue weighted by Crippen LogP contribution is 2.37. The first-order valence-corrected chi connectivity index (χ1v) is 9.48. The number of alkyl halides is 3. The van der Waals surface area contributed by atoms with Crippen molar-refractivity contribution in [2.45, 2.75) is 20.0 Å². The number of hydrogen-bond donors (Lipinski definition) is 1. The summed E-state index contributed by atoms with van der Waals surface area (Å²) in [6.45, 7) is 3.55. The Morgan fingerprint density at radius 3 is 2.47 bits per heavy atom. The molecule has 0 bridgehead atoms. The van der Waals surface area contributed by atoms with E-state index in [-0.39, 0.29) is 40.7 Å². The largest absolute Gasteiger partial charge is 0.462 e. The van der Waals surface area contributed by atoms with Gasteiger partial charge in [-0.1, -0.05) is 35.9 Å². The maximum absolute atomic E-state index is 13.1. The van der Waals surface area contributed by atoms with Gasteiger partial charge in [-0.05, 0) is 32.0 Å². The molecule has 0 saturated heterocycles. The summed E-state index contributed by atoms with van der Waals surface area (Å²) in [5.74, 6) is -1.30. The number of nitriles is 1. The van der Waals surface area contributed by atoms with E-state index in [1.54, 1.807) is 31.2 Å². The van der Waals surface area contributed by atoms with Crippen LogP contribution in [-0.4, -0.2) is 17.6 Å². The van der Waals surface area contributed by atoms with Crippen LogP contribution in [-0.2, 0) is 10.9 Å². The predicted octanol–water partition coefficient (Wildman–Crippen LogP) is 5.50. The zero-order chi connectivity index (χ0) is 23.5. The highest BCUT2D eigenvalue weighted by atomic mass is 19.4. The zero-order valence-electron chi connectivity index (χ0n) is 17.2. The van der Waals surface area contributed by atoms with Gasteiger partial charge in [0.15, 0.2) is 0 Å². The summed E-state index contributed by atoms with van der Waals surface area (Å²) >= 11 is 0. The molecule has 0 atom stereocenters. The van der Waals surface area contributed by atoms with Crippen LogP contribution in [0.4, 0.5) is 18.9 Å². The van der Waals surface area contributed by atoms with E-state index in [1.807, 2.05) is 13.0 Å². The van der Waals surface area contributed by atoms with Crippen LogP contribution >= 0.6 is 0 Å². The lowest BCUT2D eigenvalue weighted by Crippen LogP contribution is -2.13. The van der Waals surface area contributed by atoms with Crippen molar-refractivity contribution in [3.8, 4) is 29.0 Å². The fraction of sp³-hybridized carbons (Fsp3) is 0.174. The Balaban J connectivity index is 2.20. The zero-order valence-corrected chi connectivity index (χ0v) is 17.2. The number of aromatic nitrogens is 1. The molecule has 0 spiro atoms. The molecule has 0 amide bonds. The summed E-state index contributed by atoms with van der Waals surface area (Å²) in [5, 5.41) is 9.61. The molecular weight excluding hydrogens is 423 g/mol. The van der Waals surface area contributed by atoms with Gasteiger partial charge in [0.25, 0.3) is 0 Å². The standard InChI is InChI=1S/C23H18F3N3O3/c1-3-31-22(30)18-19(28)17(12-27)21(29-20(18)14-9-7-13(2)8-10-14)32-16-6-4-5-15(11-16)23(24,25)26/h4-11H,3H2,1-2H3,(H2,28,29). The third-order valence-electron chi connectivity index (χ3n) is 4.49. The molecule has 0 radical (unpaired) electrons. The van der Waals surface area contributed by atoms with E-state index in [4.69, 9.17) is 15.2 Å². The molecule has 2 N–H and O–H groups in total. The number of nitrogens with two attached hydrogens (primary N) is 1. The van der Waals surface area contributed by atoms with Crippen LogP contribution in [0.3, 0.4) is 0 Å². The second kappa shape index (κ2) is 8.98. The number of benzene rings is 2. The highest BCUT2D eigenvalue weighted by molar-refractivity contribution is 6.03. The van der Waals surface area contributed by atoms with Crippen molar-refractivity contribution in [1.82, 2.24) is 4.98 Å². The van der Waals surface area contributed by atoms with Crippen LogP contribution < -0.4 is 10.5 Å². The van der Waals surface area contributed by atoms with Crippen molar-refractivity contribution in [2.75, 3.05) is 12.3 Å². The third-order valence-corrected chi connectivity index (χ3v) is 4.49. The number of anilines is 1. The number of pyridine rings is 1. The summed E-state index contributed by atoms with van der Waals surface area (Å²) in [6, 6.07) is 12.9. The SMILES string of the molecule is CCOC(=O)c1c(-c2ccc(C)cc2)nc(Oc2cccc(C(F)(F)F)c2)c(C#N)c1N. The van der Waals surface area contributed by atoms with E-state index in [2.05, 4.69) is 4.98 Å². The smallest absolute Gasteiger partial charge is 0.416 e. The normalized spacial score (nSPS) is 11.0. The van der Waals surface area contributed by atoms with E-state index in [0.717, 1.165) is 17.7 Å². The minimum atomic E-state index is -4.58. The van der Waals surface area contributed by atoms with Crippen molar-refractivity contribution >= 4 is 11.7 Å². The molecule has 0 aliphatic carbocycles. The van der Waals surface area contributed by atoms with Gasteiger partial charge < -0.3 is 15.2 Å². The average Bonchev–Trinajstić information content (AvgIpc) is 2.74. The van der Waals surface area contributed by atoms with Gasteiger partial charge in [0.1, 0.15) is 22.9 Å². The number of aryl methyl sites for hydroxylation is 1. The Morgan fingerprint density at radius 1 is 1.19 bits per heavy atom. The lowest BCUT2D eigenvalue weighted by molar-refractivity contribution is -0.137. The Morgan fingerprint density at radius 2 is 1.88 bits per heavy atom. The third kappa shape index (κ3) is 4.64. The molecular formula is C23H18F3N3O3. The molecule has 9 heteroatoms. The molecule has 2 aromatic carbocycles.